The Morgan fingerprint density at radius 1 is 1.50 bits per heavy atom. The summed E-state index contributed by atoms with van der Waals surface area (Å²) in [6.07, 6.45) is 1.07. The van der Waals surface area contributed by atoms with E-state index in [1.807, 2.05) is 7.05 Å². The van der Waals surface area contributed by atoms with Gasteiger partial charge >= 0.3 is 0 Å². The lowest BCUT2D eigenvalue weighted by Gasteiger charge is -2.32. The molecule has 0 heterocycles. The van der Waals surface area contributed by atoms with Crippen molar-refractivity contribution in [1.82, 2.24) is 4.90 Å². The van der Waals surface area contributed by atoms with Gasteiger partial charge in [0, 0.05) is 5.54 Å². The topological polar surface area (TPSA) is 27.0 Å². The fourth-order valence-electron chi connectivity index (χ4n) is 0.590. The summed E-state index contributed by atoms with van der Waals surface area (Å²) in [5.41, 5.74) is 0.162. The van der Waals surface area contributed by atoms with Crippen molar-refractivity contribution >= 4 is 0 Å². The van der Waals surface area contributed by atoms with Gasteiger partial charge in [0.2, 0.25) is 0 Å². The molecule has 0 aromatic carbocycles. The van der Waals surface area contributed by atoms with Gasteiger partial charge < -0.3 is 0 Å². The Labute approximate surface area is 63.4 Å². The predicted octanol–water partition coefficient (Wildman–Crippen LogP) is 1.63. The average molecular weight is 140 g/mol. The van der Waals surface area contributed by atoms with Crippen molar-refractivity contribution in [2.75, 3.05) is 13.6 Å². The molecular weight excluding hydrogens is 124 g/mol. The third-order valence-corrected chi connectivity index (χ3v) is 2.21. The van der Waals surface area contributed by atoms with E-state index in [-0.39, 0.29) is 5.54 Å². The SMILES string of the molecule is CCC(C)(C)N(C)CC#N. The van der Waals surface area contributed by atoms with E-state index < -0.39 is 0 Å². The summed E-state index contributed by atoms with van der Waals surface area (Å²) in [7, 11) is 1.98. The van der Waals surface area contributed by atoms with Gasteiger partial charge in [-0.2, -0.15) is 5.26 Å². The molecule has 2 nitrogen and oxygen atoms in total. The van der Waals surface area contributed by atoms with Gasteiger partial charge in [-0.05, 0) is 27.3 Å². The highest BCUT2D eigenvalue weighted by molar-refractivity contribution is 4.84. The first-order valence-corrected chi connectivity index (χ1v) is 3.62. The summed E-state index contributed by atoms with van der Waals surface area (Å²) < 4.78 is 0. The summed E-state index contributed by atoms with van der Waals surface area (Å²) in [6, 6.07) is 2.13. The number of rotatable bonds is 3. The van der Waals surface area contributed by atoms with Crippen LogP contribution in [0.25, 0.3) is 0 Å². The summed E-state index contributed by atoms with van der Waals surface area (Å²) in [5, 5.41) is 8.40. The second kappa shape index (κ2) is 3.58. The Morgan fingerprint density at radius 2 is 2.00 bits per heavy atom. The number of nitriles is 1. The van der Waals surface area contributed by atoms with Crippen LogP contribution in [0.15, 0.2) is 0 Å². The quantitative estimate of drug-likeness (QED) is 0.557. The van der Waals surface area contributed by atoms with E-state index in [0.717, 1.165) is 6.42 Å². The minimum absolute atomic E-state index is 0.162. The number of hydrogen-bond acceptors (Lipinski definition) is 2. The molecule has 0 aromatic heterocycles. The van der Waals surface area contributed by atoms with Crippen LogP contribution in [0.3, 0.4) is 0 Å². The summed E-state index contributed by atoms with van der Waals surface area (Å²) in [6.45, 7) is 6.93. The molecule has 0 fully saturated rings. The van der Waals surface area contributed by atoms with Gasteiger partial charge in [0.1, 0.15) is 0 Å². The fourth-order valence-corrected chi connectivity index (χ4v) is 0.590. The van der Waals surface area contributed by atoms with Crippen LogP contribution >= 0.6 is 0 Å². The predicted molar refractivity (Wildman–Crippen MR) is 42.6 cm³/mol. The molecule has 0 rings (SSSR count). The average Bonchev–Trinajstić information content (AvgIpc) is 1.89. The molecule has 0 aromatic rings. The monoisotopic (exact) mass is 140 g/mol. The Bertz CT molecular complexity index is 133. The molecule has 0 aliphatic heterocycles. The Morgan fingerprint density at radius 3 is 2.30 bits per heavy atom. The van der Waals surface area contributed by atoms with Gasteiger partial charge in [0.25, 0.3) is 0 Å². The smallest absolute Gasteiger partial charge is 0.0867 e. The third-order valence-electron chi connectivity index (χ3n) is 2.21. The van der Waals surface area contributed by atoms with E-state index in [4.69, 9.17) is 5.26 Å². The molecule has 0 aliphatic carbocycles. The molecule has 0 radical (unpaired) electrons. The molecule has 0 amide bonds. The molecule has 0 aliphatic rings. The first-order valence-electron chi connectivity index (χ1n) is 3.62. The lowest BCUT2D eigenvalue weighted by molar-refractivity contribution is 0.171. The van der Waals surface area contributed by atoms with Crippen LogP contribution < -0.4 is 0 Å². The van der Waals surface area contributed by atoms with Crippen molar-refractivity contribution in [3.8, 4) is 6.07 Å². The minimum atomic E-state index is 0.162. The first kappa shape index (κ1) is 9.45. The van der Waals surface area contributed by atoms with Crippen molar-refractivity contribution < 1.29 is 0 Å². The van der Waals surface area contributed by atoms with Crippen LogP contribution in [0, 0.1) is 11.3 Å². The molecule has 0 N–H and O–H groups in total. The maximum atomic E-state index is 8.40. The zero-order chi connectivity index (χ0) is 8.20. The minimum Gasteiger partial charge on any atom is -0.288 e. The van der Waals surface area contributed by atoms with Crippen molar-refractivity contribution in [2.24, 2.45) is 0 Å². The molecular formula is C8H16N2. The third kappa shape index (κ3) is 2.36. The van der Waals surface area contributed by atoms with Gasteiger partial charge in [0.05, 0.1) is 12.6 Å². The van der Waals surface area contributed by atoms with E-state index >= 15 is 0 Å². The first-order chi connectivity index (χ1) is 4.54. The summed E-state index contributed by atoms with van der Waals surface area (Å²) in [4.78, 5) is 2.06. The summed E-state index contributed by atoms with van der Waals surface area (Å²) >= 11 is 0. The van der Waals surface area contributed by atoms with Crippen LogP contribution in [-0.2, 0) is 0 Å². The van der Waals surface area contributed by atoms with Crippen LogP contribution in [0.4, 0.5) is 0 Å². The highest BCUT2D eigenvalue weighted by atomic mass is 15.2. The molecule has 0 atom stereocenters. The van der Waals surface area contributed by atoms with Gasteiger partial charge in [-0.1, -0.05) is 6.92 Å². The second-order valence-corrected chi connectivity index (χ2v) is 3.18. The van der Waals surface area contributed by atoms with Gasteiger partial charge in [-0.15, -0.1) is 0 Å². The van der Waals surface area contributed by atoms with Crippen LogP contribution in [0.1, 0.15) is 27.2 Å². The Hall–Kier alpha value is -0.550. The van der Waals surface area contributed by atoms with E-state index in [1.165, 1.54) is 0 Å². The molecule has 0 bridgehead atoms. The Kier molecular flexibility index (Phi) is 3.38. The molecule has 0 saturated carbocycles. The summed E-state index contributed by atoms with van der Waals surface area (Å²) in [5.74, 6) is 0. The van der Waals surface area contributed by atoms with Crippen molar-refractivity contribution in [2.45, 2.75) is 32.7 Å². The molecule has 0 unspecified atom stereocenters. The van der Waals surface area contributed by atoms with E-state index in [1.54, 1.807) is 0 Å². The fraction of sp³-hybridized carbons (Fsp3) is 0.875. The van der Waals surface area contributed by atoms with Crippen LogP contribution in [0.2, 0.25) is 0 Å². The van der Waals surface area contributed by atoms with Gasteiger partial charge in [-0.25, -0.2) is 0 Å². The normalized spacial score (nSPS) is 11.6. The van der Waals surface area contributed by atoms with Crippen molar-refractivity contribution in [1.29, 1.82) is 5.26 Å². The molecule has 2 heteroatoms. The van der Waals surface area contributed by atoms with Gasteiger partial charge in [0.15, 0.2) is 0 Å². The molecule has 0 saturated heterocycles. The lowest BCUT2D eigenvalue weighted by atomic mass is 10.0. The van der Waals surface area contributed by atoms with E-state index in [2.05, 4.69) is 31.7 Å². The van der Waals surface area contributed by atoms with Crippen LogP contribution in [-0.4, -0.2) is 24.0 Å². The zero-order valence-corrected chi connectivity index (χ0v) is 7.31. The standard InChI is InChI=1S/C8H16N2/c1-5-8(2,3)10(4)7-6-9/h5,7H2,1-4H3. The van der Waals surface area contributed by atoms with E-state index in [0.29, 0.717) is 6.54 Å². The lowest BCUT2D eigenvalue weighted by Crippen LogP contribution is -2.40. The Balaban J connectivity index is 3.93. The zero-order valence-electron chi connectivity index (χ0n) is 7.31. The second-order valence-electron chi connectivity index (χ2n) is 3.18. The van der Waals surface area contributed by atoms with Gasteiger partial charge in [-0.3, -0.25) is 4.90 Å². The number of hydrogen-bond donors (Lipinski definition) is 0. The maximum Gasteiger partial charge on any atom is 0.0867 e. The maximum absolute atomic E-state index is 8.40. The highest BCUT2D eigenvalue weighted by Gasteiger charge is 2.19. The van der Waals surface area contributed by atoms with Crippen molar-refractivity contribution in [3.63, 3.8) is 0 Å². The van der Waals surface area contributed by atoms with Crippen LogP contribution in [0.5, 0.6) is 0 Å². The number of nitrogens with zero attached hydrogens (tertiary/aromatic N) is 2. The van der Waals surface area contributed by atoms with E-state index in [9.17, 15) is 0 Å². The molecule has 58 valence electrons. The molecule has 10 heavy (non-hydrogen) atoms. The van der Waals surface area contributed by atoms with Crippen molar-refractivity contribution in [3.05, 3.63) is 0 Å². The largest absolute Gasteiger partial charge is 0.288 e. The molecule has 0 spiro atoms. The highest BCUT2D eigenvalue weighted by Crippen LogP contribution is 2.14.